The van der Waals surface area contributed by atoms with Gasteiger partial charge in [0.15, 0.2) is 0 Å². The molecule has 0 aliphatic carbocycles. The van der Waals surface area contributed by atoms with Gasteiger partial charge in [-0.15, -0.1) is 0 Å². The molecule has 0 aromatic heterocycles. The van der Waals surface area contributed by atoms with Gasteiger partial charge in [0.25, 0.3) is 0 Å². The van der Waals surface area contributed by atoms with E-state index in [1.54, 1.807) is 0 Å². The quantitative estimate of drug-likeness (QED) is 0.0980. The van der Waals surface area contributed by atoms with Gasteiger partial charge in [-0.25, -0.2) is 0 Å². The summed E-state index contributed by atoms with van der Waals surface area (Å²) in [5.41, 5.74) is 0. The van der Waals surface area contributed by atoms with Gasteiger partial charge in [0.2, 0.25) is 0 Å². The summed E-state index contributed by atoms with van der Waals surface area (Å²) in [6.07, 6.45) is 33.5. The van der Waals surface area contributed by atoms with Crippen molar-refractivity contribution in [2.75, 3.05) is 24.6 Å². The van der Waals surface area contributed by atoms with Crippen LogP contribution in [0.4, 0.5) is 0 Å². The van der Waals surface area contributed by atoms with Gasteiger partial charge in [-0.05, 0) is 0 Å². The zero-order valence-corrected chi connectivity index (χ0v) is 23.6. The molecule has 0 rings (SSSR count). The zero-order chi connectivity index (χ0) is 21.7. The molecule has 0 spiro atoms. The first kappa shape index (κ1) is 29.9. The minimum atomic E-state index is -1.63. The van der Waals surface area contributed by atoms with Crippen LogP contribution in [0.2, 0.25) is 0 Å². The summed E-state index contributed by atoms with van der Waals surface area (Å²) in [5, 5.41) is -1.63. The molecule has 0 heterocycles. The van der Waals surface area contributed by atoms with Crippen molar-refractivity contribution in [1.82, 2.24) is 0 Å². The number of unbranched alkanes of at least 4 members (excludes halogenated alkanes) is 15. The van der Waals surface area contributed by atoms with E-state index in [9.17, 15) is 0 Å². The Balaban J connectivity index is 4.05. The molecule has 178 valence electrons. The molecule has 0 radical (unpaired) electrons. The Hall–Kier alpha value is 0.910. The predicted molar refractivity (Wildman–Crippen MR) is 146 cm³/mol. The SMILES string of the molecule is CCCCCCCCCCCCCCCP(Br)(CCCC)(CCCC)CCCC. The molecule has 29 heavy (non-hydrogen) atoms. The fourth-order valence-corrected chi connectivity index (χ4v) is 13.5. The van der Waals surface area contributed by atoms with E-state index in [2.05, 4.69) is 43.2 Å². The molecule has 0 nitrogen and oxygen atoms in total. The Morgan fingerprint density at radius 2 is 0.586 bits per heavy atom. The Morgan fingerprint density at radius 1 is 0.345 bits per heavy atom. The molecule has 0 unspecified atom stereocenters. The van der Waals surface area contributed by atoms with E-state index in [-0.39, 0.29) is 0 Å². The molecule has 0 saturated carbocycles. The number of rotatable bonds is 23. The third kappa shape index (κ3) is 16.2. The van der Waals surface area contributed by atoms with Crippen molar-refractivity contribution in [3.05, 3.63) is 0 Å². The second kappa shape index (κ2) is 19.6. The molecule has 0 atom stereocenters. The topological polar surface area (TPSA) is 0 Å². The molecule has 0 aliphatic rings. The Morgan fingerprint density at radius 3 is 0.897 bits per heavy atom. The Bertz CT molecular complexity index is 317. The van der Waals surface area contributed by atoms with Crippen LogP contribution in [-0.4, -0.2) is 24.6 Å². The number of hydrogen-bond donors (Lipinski definition) is 0. The van der Waals surface area contributed by atoms with Gasteiger partial charge in [0.1, 0.15) is 0 Å². The van der Waals surface area contributed by atoms with Gasteiger partial charge >= 0.3 is 175 Å². The summed E-state index contributed by atoms with van der Waals surface area (Å²) < 4.78 is 0. The van der Waals surface area contributed by atoms with Crippen LogP contribution in [0.5, 0.6) is 0 Å². The minimum absolute atomic E-state index is 1.36. The first-order valence-corrected chi connectivity index (χ1v) is 18.8. The van der Waals surface area contributed by atoms with Crippen LogP contribution >= 0.6 is 20.8 Å². The predicted octanol–water partition coefficient (Wildman–Crippen LogP) is 11.3. The molecule has 0 N–H and O–H groups in total. The summed E-state index contributed by atoms with van der Waals surface area (Å²) in [7, 11) is 0. The third-order valence-corrected chi connectivity index (χ3v) is 17.0. The van der Waals surface area contributed by atoms with E-state index in [4.69, 9.17) is 0 Å². The van der Waals surface area contributed by atoms with Crippen molar-refractivity contribution >= 4 is 20.8 Å². The third-order valence-electron chi connectivity index (χ3n) is 7.03. The average molecular weight is 494 g/mol. The molecular weight excluding hydrogens is 435 g/mol. The van der Waals surface area contributed by atoms with Crippen molar-refractivity contribution < 1.29 is 0 Å². The summed E-state index contributed by atoms with van der Waals surface area (Å²) in [6.45, 7) is 9.43. The summed E-state index contributed by atoms with van der Waals surface area (Å²) >= 11 is 4.56. The molecule has 0 aromatic rings. The second-order valence-corrected chi connectivity index (χ2v) is 21.5. The molecule has 0 bridgehead atoms. The van der Waals surface area contributed by atoms with E-state index < -0.39 is 5.31 Å². The summed E-state index contributed by atoms with van der Waals surface area (Å²) in [4.78, 5) is 0. The van der Waals surface area contributed by atoms with E-state index in [0.717, 1.165) is 0 Å². The van der Waals surface area contributed by atoms with Gasteiger partial charge in [-0.3, -0.25) is 0 Å². The molecule has 0 saturated heterocycles. The van der Waals surface area contributed by atoms with Crippen LogP contribution in [0, 0.1) is 0 Å². The van der Waals surface area contributed by atoms with E-state index >= 15 is 0 Å². The van der Waals surface area contributed by atoms with Gasteiger partial charge in [-0.2, -0.15) is 0 Å². The number of hydrogen-bond acceptors (Lipinski definition) is 0. The molecular formula is C27H58BrP. The van der Waals surface area contributed by atoms with Crippen molar-refractivity contribution in [3.63, 3.8) is 0 Å². The fraction of sp³-hybridized carbons (Fsp3) is 1.00. The van der Waals surface area contributed by atoms with Crippen LogP contribution < -0.4 is 0 Å². The summed E-state index contributed by atoms with van der Waals surface area (Å²) in [6, 6.07) is 0. The molecule has 0 amide bonds. The van der Waals surface area contributed by atoms with Gasteiger partial charge in [0, 0.05) is 0 Å². The zero-order valence-electron chi connectivity index (χ0n) is 21.1. The van der Waals surface area contributed by atoms with E-state index in [1.165, 1.54) is 147 Å². The van der Waals surface area contributed by atoms with Gasteiger partial charge in [-0.1, -0.05) is 19.8 Å². The average Bonchev–Trinajstić information content (AvgIpc) is 2.73. The molecule has 0 aromatic carbocycles. The van der Waals surface area contributed by atoms with Crippen molar-refractivity contribution in [1.29, 1.82) is 0 Å². The summed E-state index contributed by atoms with van der Waals surface area (Å²) in [5.74, 6) is 0. The first-order chi connectivity index (χ1) is 14.0. The van der Waals surface area contributed by atoms with Crippen LogP contribution in [0.1, 0.15) is 150 Å². The van der Waals surface area contributed by atoms with Crippen molar-refractivity contribution in [2.24, 2.45) is 0 Å². The Labute approximate surface area is 194 Å². The maximum absolute atomic E-state index is 4.56. The molecule has 0 aliphatic heterocycles. The molecule has 2 heteroatoms. The molecule has 0 fully saturated rings. The fourth-order valence-electron chi connectivity index (χ4n) is 4.86. The monoisotopic (exact) mass is 492 g/mol. The van der Waals surface area contributed by atoms with Crippen LogP contribution in [-0.2, 0) is 0 Å². The van der Waals surface area contributed by atoms with Gasteiger partial charge in [0.05, 0.1) is 0 Å². The maximum atomic E-state index is 4.56. The van der Waals surface area contributed by atoms with Crippen molar-refractivity contribution in [2.45, 2.75) is 150 Å². The van der Waals surface area contributed by atoms with Crippen LogP contribution in [0.15, 0.2) is 0 Å². The van der Waals surface area contributed by atoms with Crippen LogP contribution in [0.3, 0.4) is 0 Å². The van der Waals surface area contributed by atoms with Crippen LogP contribution in [0.25, 0.3) is 0 Å². The van der Waals surface area contributed by atoms with E-state index in [0.29, 0.717) is 0 Å². The van der Waals surface area contributed by atoms with E-state index in [1.807, 2.05) is 0 Å². The first-order valence-electron chi connectivity index (χ1n) is 13.8. The van der Waals surface area contributed by atoms with Gasteiger partial charge < -0.3 is 0 Å². The standard InChI is InChI=1S/C27H58BrP/c1-5-9-13-14-15-16-17-18-19-20-21-22-23-27-29(28,24-10-6-2,25-11-7-3)26-12-8-4/h5-27H2,1-4H3. The Kier molecular flexibility index (Phi) is 20.2. The number of halogens is 1. The van der Waals surface area contributed by atoms with Crippen molar-refractivity contribution in [3.8, 4) is 0 Å². The normalized spacial score (nSPS) is 13.5. The second-order valence-electron chi connectivity index (χ2n) is 10.0.